The molecule has 2 aromatic rings. The number of esters is 1. The van der Waals surface area contributed by atoms with Crippen LogP contribution >= 0.6 is 11.3 Å². The number of aromatic nitrogens is 1. The first-order valence-electron chi connectivity index (χ1n) is 6.29. The Labute approximate surface area is 126 Å². The molecule has 0 aromatic carbocycles. The van der Waals surface area contributed by atoms with E-state index in [0.717, 1.165) is 16.9 Å². The Balaban J connectivity index is 2.21. The van der Waals surface area contributed by atoms with Gasteiger partial charge < -0.3 is 15.8 Å². The van der Waals surface area contributed by atoms with Gasteiger partial charge in [-0.25, -0.2) is 4.79 Å². The molecule has 108 valence electrons. The zero-order chi connectivity index (χ0) is 15.2. The summed E-state index contributed by atoms with van der Waals surface area (Å²) < 4.78 is 4.93. The molecule has 0 aliphatic rings. The van der Waals surface area contributed by atoms with Crippen molar-refractivity contribution in [2.45, 2.75) is 13.5 Å². The number of nitriles is 1. The van der Waals surface area contributed by atoms with Crippen LogP contribution in [0.25, 0.3) is 0 Å². The third kappa shape index (κ3) is 3.30. The number of hydrogen-bond acceptors (Lipinski definition) is 7. The van der Waals surface area contributed by atoms with E-state index in [2.05, 4.69) is 10.3 Å². The van der Waals surface area contributed by atoms with Crippen molar-refractivity contribution >= 4 is 28.0 Å². The number of carbonyl (C=O) groups is 1. The Bertz CT molecular complexity index is 676. The summed E-state index contributed by atoms with van der Waals surface area (Å²) in [6, 6.07) is 5.75. The maximum absolute atomic E-state index is 11.8. The van der Waals surface area contributed by atoms with Crippen LogP contribution in [0.1, 0.15) is 27.7 Å². The summed E-state index contributed by atoms with van der Waals surface area (Å²) in [6.45, 7) is 2.49. The molecule has 0 atom stereocenters. The van der Waals surface area contributed by atoms with Gasteiger partial charge in [0.05, 0.1) is 12.3 Å². The first-order valence-corrected chi connectivity index (χ1v) is 7.11. The first-order chi connectivity index (χ1) is 10.2. The van der Waals surface area contributed by atoms with Gasteiger partial charge in [0, 0.05) is 18.9 Å². The van der Waals surface area contributed by atoms with Gasteiger partial charge in [-0.15, -0.1) is 11.3 Å². The molecule has 21 heavy (non-hydrogen) atoms. The molecular weight excluding hydrogens is 288 g/mol. The van der Waals surface area contributed by atoms with Crippen LogP contribution < -0.4 is 11.1 Å². The molecule has 0 bridgehead atoms. The Morgan fingerprint density at radius 2 is 2.24 bits per heavy atom. The fraction of sp³-hybridized carbons (Fsp3) is 0.214. The number of rotatable bonds is 5. The topological polar surface area (TPSA) is 101 Å². The van der Waals surface area contributed by atoms with Crippen molar-refractivity contribution in [3.8, 4) is 6.07 Å². The van der Waals surface area contributed by atoms with E-state index in [1.807, 2.05) is 18.2 Å². The van der Waals surface area contributed by atoms with Crippen molar-refractivity contribution in [3.05, 3.63) is 40.5 Å². The van der Waals surface area contributed by atoms with Gasteiger partial charge in [-0.3, -0.25) is 4.98 Å². The van der Waals surface area contributed by atoms with Gasteiger partial charge in [0.1, 0.15) is 21.5 Å². The third-order valence-corrected chi connectivity index (χ3v) is 3.86. The number of nitrogen functional groups attached to an aromatic ring is 1. The predicted octanol–water partition coefficient (Wildman–Crippen LogP) is 2.39. The molecule has 0 spiro atoms. The number of ether oxygens (including phenoxy) is 1. The molecule has 0 fully saturated rings. The molecule has 7 heteroatoms. The first kappa shape index (κ1) is 14.8. The van der Waals surface area contributed by atoms with E-state index in [1.54, 1.807) is 19.3 Å². The molecule has 0 radical (unpaired) electrons. The molecule has 2 rings (SSSR count). The predicted molar refractivity (Wildman–Crippen MR) is 81.0 cm³/mol. The maximum atomic E-state index is 11.8. The van der Waals surface area contributed by atoms with Crippen LogP contribution in [-0.4, -0.2) is 17.6 Å². The Kier molecular flexibility index (Phi) is 4.74. The fourth-order valence-electron chi connectivity index (χ4n) is 1.71. The molecule has 3 N–H and O–H groups in total. The number of nitrogens with two attached hydrogens (primary N) is 1. The van der Waals surface area contributed by atoms with Gasteiger partial charge in [-0.2, -0.15) is 5.26 Å². The summed E-state index contributed by atoms with van der Waals surface area (Å²) in [4.78, 5) is 16.0. The number of carbonyl (C=O) groups excluding carboxylic acids is 1. The van der Waals surface area contributed by atoms with Crippen LogP contribution in [0, 0.1) is 11.3 Å². The van der Waals surface area contributed by atoms with E-state index in [9.17, 15) is 10.1 Å². The lowest BCUT2D eigenvalue weighted by molar-refractivity contribution is 0.0533. The lowest BCUT2D eigenvalue weighted by Gasteiger charge is -2.03. The molecule has 2 aromatic heterocycles. The molecule has 0 saturated heterocycles. The summed E-state index contributed by atoms with van der Waals surface area (Å²) in [5, 5.41) is 12.9. The van der Waals surface area contributed by atoms with Crippen molar-refractivity contribution in [2.24, 2.45) is 0 Å². The highest BCUT2D eigenvalue weighted by atomic mass is 32.1. The Morgan fingerprint density at radius 1 is 1.52 bits per heavy atom. The lowest BCUT2D eigenvalue weighted by atomic mass is 10.2. The standard InChI is InChI=1S/C14H14N4O2S/c1-2-20-14(19)12-11(16)10(7-15)13(21-12)18-8-9-3-5-17-6-4-9/h3-6,18H,2,8,16H2,1H3. The van der Waals surface area contributed by atoms with E-state index in [0.29, 0.717) is 11.5 Å². The zero-order valence-corrected chi connectivity index (χ0v) is 12.2. The highest BCUT2D eigenvalue weighted by Gasteiger charge is 2.21. The Hall–Kier alpha value is -2.59. The number of nitrogens with zero attached hydrogens (tertiary/aromatic N) is 2. The minimum Gasteiger partial charge on any atom is -0.462 e. The largest absolute Gasteiger partial charge is 0.462 e. The monoisotopic (exact) mass is 302 g/mol. The highest BCUT2D eigenvalue weighted by molar-refractivity contribution is 7.18. The molecule has 0 saturated carbocycles. The maximum Gasteiger partial charge on any atom is 0.350 e. The number of nitrogens with one attached hydrogen (secondary N) is 1. The SMILES string of the molecule is CCOC(=O)c1sc(NCc2ccncc2)c(C#N)c1N. The molecular formula is C14H14N4O2S. The number of thiophene rings is 1. The van der Waals surface area contributed by atoms with Gasteiger partial charge in [0.15, 0.2) is 0 Å². The second kappa shape index (κ2) is 6.72. The second-order valence-electron chi connectivity index (χ2n) is 4.09. The van der Waals surface area contributed by atoms with Crippen molar-refractivity contribution in [2.75, 3.05) is 17.7 Å². The summed E-state index contributed by atoms with van der Waals surface area (Å²) >= 11 is 1.13. The highest BCUT2D eigenvalue weighted by Crippen LogP contribution is 2.35. The molecule has 0 aliphatic carbocycles. The molecule has 2 heterocycles. The average Bonchev–Trinajstić information content (AvgIpc) is 2.82. The van der Waals surface area contributed by atoms with Gasteiger partial charge in [0.25, 0.3) is 0 Å². The van der Waals surface area contributed by atoms with E-state index in [4.69, 9.17) is 10.5 Å². The normalized spacial score (nSPS) is 9.90. The molecule has 0 unspecified atom stereocenters. The van der Waals surface area contributed by atoms with Crippen LogP contribution in [0.5, 0.6) is 0 Å². The number of anilines is 2. The van der Waals surface area contributed by atoms with Crippen molar-refractivity contribution in [3.63, 3.8) is 0 Å². The van der Waals surface area contributed by atoms with E-state index >= 15 is 0 Å². The van der Waals surface area contributed by atoms with Crippen molar-refractivity contribution in [1.82, 2.24) is 4.98 Å². The lowest BCUT2D eigenvalue weighted by Crippen LogP contribution is -2.05. The quantitative estimate of drug-likeness (QED) is 0.822. The fourth-order valence-corrected chi connectivity index (χ4v) is 2.67. The summed E-state index contributed by atoms with van der Waals surface area (Å²) in [5.74, 6) is -0.506. The van der Waals surface area contributed by atoms with Gasteiger partial charge in [-0.1, -0.05) is 0 Å². The minimum absolute atomic E-state index is 0.165. The third-order valence-electron chi connectivity index (χ3n) is 2.72. The minimum atomic E-state index is -0.506. The average molecular weight is 302 g/mol. The smallest absolute Gasteiger partial charge is 0.350 e. The summed E-state index contributed by atoms with van der Waals surface area (Å²) in [5.41, 5.74) is 7.30. The van der Waals surface area contributed by atoms with E-state index < -0.39 is 5.97 Å². The van der Waals surface area contributed by atoms with Crippen LogP contribution in [0.4, 0.5) is 10.7 Å². The van der Waals surface area contributed by atoms with Gasteiger partial charge in [0.2, 0.25) is 0 Å². The van der Waals surface area contributed by atoms with Crippen LogP contribution in [0.2, 0.25) is 0 Å². The van der Waals surface area contributed by atoms with E-state index in [1.165, 1.54) is 0 Å². The molecule has 6 nitrogen and oxygen atoms in total. The van der Waals surface area contributed by atoms with Crippen LogP contribution in [0.15, 0.2) is 24.5 Å². The summed E-state index contributed by atoms with van der Waals surface area (Å²) in [6.07, 6.45) is 3.38. The van der Waals surface area contributed by atoms with Gasteiger partial charge >= 0.3 is 5.97 Å². The zero-order valence-electron chi connectivity index (χ0n) is 11.4. The van der Waals surface area contributed by atoms with Crippen molar-refractivity contribution < 1.29 is 9.53 Å². The Morgan fingerprint density at radius 3 is 2.86 bits per heavy atom. The van der Waals surface area contributed by atoms with Crippen LogP contribution in [0.3, 0.4) is 0 Å². The van der Waals surface area contributed by atoms with Crippen LogP contribution in [-0.2, 0) is 11.3 Å². The molecule has 0 aliphatic heterocycles. The number of pyridine rings is 1. The second-order valence-corrected chi connectivity index (χ2v) is 5.11. The van der Waals surface area contributed by atoms with E-state index in [-0.39, 0.29) is 22.7 Å². The number of hydrogen-bond donors (Lipinski definition) is 2. The molecule has 0 amide bonds. The summed E-state index contributed by atoms with van der Waals surface area (Å²) in [7, 11) is 0. The van der Waals surface area contributed by atoms with Gasteiger partial charge in [-0.05, 0) is 24.6 Å². The van der Waals surface area contributed by atoms with Crippen molar-refractivity contribution in [1.29, 1.82) is 5.26 Å².